The van der Waals surface area contributed by atoms with Crippen LogP contribution in [0.15, 0.2) is 0 Å². The molecule has 7 heteroatoms. The molecule has 0 aromatic heterocycles. The maximum absolute atomic E-state index is 8.70. The van der Waals surface area contributed by atoms with Gasteiger partial charge in [0.15, 0.2) is 0 Å². The van der Waals surface area contributed by atoms with Crippen molar-refractivity contribution in [3.8, 4) is 0 Å². The first-order valence-electron chi connectivity index (χ1n) is 0.965. The molecule has 0 aliphatic heterocycles. The second-order valence-electron chi connectivity index (χ2n) is 0.334. The third-order valence-corrected chi connectivity index (χ3v) is 0. The zero-order valence-corrected chi connectivity index (χ0v) is 4.84. The molecule has 0 fully saturated rings. The van der Waals surface area contributed by atoms with E-state index in [0.29, 0.717) is 0 Å². The fourth-order valence-corrected chi connectivity index (χ4v) is 0. The van der Waals surface area contributed by atoms with Gasteiger partial charge in [0.25, 0.3) is 0 Å². The largest absolute Gasteiger partial charge is 0.692 e. The Morgan fingerprint density at radius 3 is 1.43 bits per heavy atom. The Hall–Kier alpha value is 0.0800. The Balaban J connectivity index is 0. The molecule has 0 saturated carbocycles. The first-order valence-corrected chi connectivity index (χ1v) is 2.90. The molecule has 7 heavy (non-hydrogen) atoms. The molecule has 0 aliphatic carbocycles. The van der Waals surface area contributed by atoms with Crippen molar-refractivity contribution >= 4 is 16.9 Å². The summed E-state index contributed by atoms with van der Waals surface area (Å²) in [6.07, 6.45) is 0. The van der Waals surface area contributed by atoms with Crippen LogP contribution >= 0.6 is 16.9 Å². The highest BCUT2D eigenvalue weighted by Crippen LogP contribution is 1.98. The van der Waals surface area contributed by atoms with Crippen molar-refractivity contribution in [2.24, 2.45) is 0 Å². The summed E-state index contributed by atoms with van der Waals surface area (Å²) in [5.41, 5.74) is 0. The second-order valence-corrected chi connectivity index (χ2v) is 1.00. The van der Waals surface area contributed by atoms with Crippen LogP contribution in [0, 0.1) is 0 Å². The lowest BCUT2D eigenvalue weighted by Crippen LogP contribution is -1.38. The molecule has 0 aromatic carbocycles. The van der Waals surface area contributed by atoms with Crippen LogP contribution in [0.4, 0.5) is 0 Å². The molecule has 0 aliphatic rings. The standard InChI is InChI=1S/HO3P.HO2P/c1-4(2)3;1-3-2/h(H-,1,2,3);(H,1,2)/p+1. The van der Waals surface area contributed by atoms with Crippen molar-refractivity contribution in [1.82, 2.24) is 0 Å². The average molecular weight is 145 g/mol. The topological polar surface area (TPSA) is 94.8 Å². The monoisotopic (exact) mass is 145 g/mol. The normalized spacial score (nSPS) is 6.71. The van der Waals surface area contributed by atoms with Gasteiger partial charge in [0.2, 0.25) is 0 Å². The van der Waals surface area contributed by atoms with Gasteiger partial charge in [0.05, 0.1) is 0 Å². The Morgan fingerprint density at radius 2 is 1.43 bits per heavy atom. The molecule has 0 heterocycles. The van der Waals surface area contributed by atoms with Gasteiger partial charge in [0.1, 0.15) is 0 Å². The molecule has 0 spiro atoms. The van der Waals surface area contributed by atoms with Gasteiger partial charge in [-0.25, -0.2) is 4.57 Å². The van der Waals surface area contributed by atoms with Crippen molar-refractivity contribution in [1.29, 1.82) is 0 Å². The van der Waals surface area contributed by atoms with Crippen LogP contribution in [0.5, 0.6) is 0 Å². The van der Waals surface area contributed by atoms with E-state index in [-0.39, 0.29) is 0 Å². The Morgan fingerprint density at radius 1 is 1.43 bits per heavy atom. The molecular weight excluding hydrogens is 142 g/mol. The fourth-order valence-electron chi connectivity index (χ4n) is 0. The Bertz CT molecular complexity index is 53.1. The van der Waals surface area contributed by atoms with E-state index in [0.717, 1.165) is 0 Å². The summed E-state index contributed by atoms with van der Waals surface area (Å²) in [6, 6.07) is 0. The average Bonchev–Trinajstić information content (AvgIpc) is 1.33. The van der Waals surface area contributed by atoms with Crippen molar-refractivity contribution in [2.45, 2.75) is 0 Å². The van der Waals surface area contributed by atoms with Crippen molar-refractivity contribution in [2.75, 3.05) is 0 Å². The predicted molar refractivity (Wildman–Crippen MR) is 21.9 cm³/mol. The maximum atomic E-state index is 8.70. The quantitative estimate of drug-likeness (QED) is 0.410. The summed E-state index contributed by atoms with van der Waals surface area (Å²) >= 11 is 0. The zero-order chi connectivity index (χ0) is 6.28. The van der Waals surface area contributed by atoms with Gasteiger partial charge in [-0.1, -0.05) is 0 Å². The van der Waals surface area contributed by atoms with Crippen LogP contribution in [0.25, 0.3) is 0 Å². The molecule has 0 saturated heterocycles. The summed E-state index contributed by atoms with van der Waals surface area (Å²) < 4.78 is 17.2. The van der Waals surface area contributed by atoms with E-state index in [9.17, 15) is 0 Å². The number of rotatable bonds is 0. The highest BCUT2D eigenvalue weighted by Gasteiger charge is 1.93. The third-order valence-electron chi connectivity index (χ3n) is 0. The van der Waals surface area contributed by atoms with E-state index in [2.05, 4.69) is 0 Å². The van der Waals surface area contributed by atoms with E-state index in [1.807, 2.05) is 0 Å². The lowest BCUT2D eigenvalue weighted by atomic mass is 15.8. The van der Waals surface area contributed by atoms with Gasteiger partial charge in [-0.15, -0.1) is 9.79 Å². The summed E-state index contributed by atoms with van der Waals surface area (Å²) in [5.74, 6) is 0. The van der Waals surface area contributed by atoms with Crippen molar-refractivity contribution in [3.05, 3.63) is 0 Å². The van der Waals surface area contributed by atoms with Gasteiger partial charge < -0.3 is 4.89 Å². The zero-order valence-electron chi connectivity index (χ0n) is 3.05. The SMILES string of the molecule is O=PO.O=[P+](O)O. The van der Waals surface area contributed by atoms with E-state index in [4.69, 9.17) is 23.8 Å². The molecule has 0 amide bonds. The minimum absolute atomic E-state index is 0.833. The van der Waals surface area contributed by atoms with Crippen molar-refractivity contribution in [3.63, 3.8) is 0 Å². The Labute approximate surface area is 41.8 Å². The molecule has 42 valence electrons. The van der Waals surface area contributed by atoms with E-state index in [1.165, 1.54) is 0 Å². The summed E-state index contributed by atoms with van der Waals surface area (Å²) in [5, 5.41) is 0. The molecule has 0 atom stereocenters. The smallest absolute Gasteiger partial charge is 0.310 e. The minimum atomic E-state index is -2.87. The summed E-state index contributed by atoms with van der Waals surface area (Å²) in [4.78, 5) is 21.2. The summed E-state index contributed by atoms with van der Waals surface area (Å²) in [6.45, 7) is 0. The van der Waals surface area contributed by atoms with Crippen LogP contribution in [-0.2, 0) is 9.13 Å². The first-order chi connectivity index (χ1) is 3.15. The van der Waals surface area contributed by atoms with Crippen LogP contribution < -0.4 is 0 Å². The first kappa shape index (κ1) is 10.1. The molecule has 0 aromatic rings. The third kappa shape index (κ3) is 15800. The number of hydrogen-bond donors (Lipinski definition) is 3. The van der Waals surface area contributed by atoms with Crippen LogP contribution in [0.3, 0.4) is 0 Å². The molecular formula is H3O5P2+. The molecule has 0 bridgehead atoms. The lowest BCUT2D eigenvalue weighted by Gasteiger charge is -1.34. The highest BCUT2D eigenvalue weighted by atomic mass is 31.1. The van der Waals surface area contributed by atoms with E-state index in [1.54, 1.807) is 0 Å². The molecule has 0 unspecified atom stereocenters. The molecule has 0 rings (SSSR count). The minimum Gasteiger partial charge on any atom is -0.310 e. The maximum Gasteiger partial charge on any atom is 0.692 e. The predicted octanol–water partition coefficient (Wildman–Crippen LogP) is -0.186. The van der Waals surface area contributed by atoms with Gasteiger partial charge in [-0.05, 0) is 0 Å². The number of hydrogen-bond acceptors (Lipinski definition) is 2. The van der Waals surface area contributed by atoms with Gasteiger partial charge in [-0.2, -0.15) is 0 Å². The van der Waals surface area contributed by atoms with Crippen molar-refractivity contribution < 1.29 is 23.8 Å². The highest BCUT2D eigenvalue weighted by molar-refractivity contribution is 7.30. The van der Waals surface area contributed by atoms with Gasteiger partial charge >= 0.3 is 16.9 Å². The van der Waals surface area contributed by atoms with E-state index < -0.39 is 16.9 Å². The van der Waals surface area contributed by atoms with Gasteiger partial charge in [-0.3, -0.25) is 0 Å². The van der Waals surface area contributed by atoms with Crippen LogP contribution in [-0.4, -0.2) is 14.7 Å². The van der Waals surface area contributed by atoms with Crippen LogP contribution in [0.1, 0.15) is 0 Å². The molecule has 0 radical (unpaired) electrons. The lowest BCUT2D eigenvalue weighted by molar-refractivity contribution is 0.405. The molecule has 3 N–H and O–H groups in total. The van der Waals surface area contributed by atoms with E-state index >= 15 is 0 Å². The van der Waals surface area contributed by atoms with Crippen LogP contribution in [0.2, 0.25) is 0 Å². The Kier molecular flexibility index (Phi) is 13.7. The second kappa shape index (κ2) is 9.43. The molecule has 5 nitrogen and oxygen atoms in total. The fraction of sp³-hybridized carbons (Fsp3) is 0. The summed E-state index contributed by atoms with van der Waals surface area (Å²) in [7, 11) is -3.70. The van der Waals surface area contributed by atoms with Gasteiger partial charge in [0, 0.05) is 4.57 Å².